The van der Waals surface area contributed by atoms with Crippen molar-refractivity contribution < 1.29 is 14.7 Å². The number of aromatic amines is 2. The number of carbonyl (C=O) groups is 2. The highest BCUT2D eigenvalue weighted by Crippen LogP contribution is 2.32. The van der Waals surface area contributed by atoms with Crippen LogP contribution in [0.25, 0.3) is 22.1 Å². The largest absolute Gasteiger partial charge is 0.478 e. The number of amides is 1. The second-order valence-electron chi connectivity index (χ2n) is 12.4. The highest BCUT2D eigenvalue weighted by molar-refractivity contribution is 6.36. The van der Waals surface area contributed by atoms with Crippen molar-refractivity contribution in [1.29, 1.82) is 0 Å². The van der Waals surface area contributed by atoms with Crippen LogP contribution in [0.4, 0.5) is 23.3 Å². The summed E-state index contributed by atoms with van der Waals surface area (Å²) in [5.41, 5.74) is 19.0. The number of aromatic nitrogens is 8. The van der Waals surface area contributed by atoms with Crippen LogP contribution in [0.3, 0.4) is 0 Å². The van der Waals surface area contributed by atoms with Crippen molar-refractivity contribution in [2.24, 2.45) is 5.73 Å². The summed E-state index contributed by atoms with van der Waals surface area (Å²) in [6.07, 6.45) is 13.1. The van der Waals surface area contributed by atoms with Crippen LogP contribution in [-0.4, -0.2) is 95.1 Å². The highest BCUT2D eigenvalue weighted by atomic mass is 35.5. The van der Waals surface area contributed by atoms with Crippen LogP contribution in [0.15, 0.2) is 61.7 Å². The fraction of sp³-hybridized carbons (Fsp3) is 0.314. The summed E-state index contributed by atoms with van der Waals surface area (Å²) in [6, 6.07) is 6.35. The fourth-order valence-corrected chi connectivity index (χ4v) is 6.54. The van der Waals surface area contributed by atoms with Crippen molar-refractivity contribution in [1.82, 2.24) is 45.2 Å². The summed E-state index contributed by atoms with van der Waals surface area (Å²) in [5.74, 6) is 1.18. The van der Waals surface area contributed by atoms with Gasteiger partial charge in [0.1, 0.15) is 47.2 Å². The molecule has 0 atom stereocenters. The molecular weight excluding hydrogens is 735 g/mol. The Kier molecular flexibility index (Phi) is 13.0. The Bertz CT molecular complexity index is 2200. The minimum absolute atomic E-state index is 0. The number of fused-ring (bicyclic) bond motifs is 2. The average molecular weight is 778 g/mol. The first-order valence-electron chi connectivity index (χ1n) is 16.7. The van der Waals surface area contributed by atoms with Gasteiger partial charge in [-0.15, -0.1) is 0 Å². The van der Waals surface area contributed by atoms with Crippen LogP contribution in [0, 0.1) is 0 Å². The van der Waals surface area contributed by atoms with Crippen LogP contribution in [-0.2, 0) is 0 Å². The van der Waals surface area contributed by atoms with Crippen molar-refractivity contribution in [3.63, 3.8) is 0 Å². The van der Waals surface area contributed by atoms with Gasteiger partial charge >= 0.3 is 5.97 Å². The van der Waals surface area contributed by atoms with Crippen molar-refractivity contribution >= 4 is 80.4 Å². The van der Waals surface area contributed by atoms with Crippen molar-refractivity contribution in [2.75, 3.05) is 47.4 Å². The first kappa shape index (κ1) is 39.4. The van der Waals surface area contributed by atoms with Crippen molar-refractivity contribution in [3.8, 4) is 0 Å². The number of piperidine rings is 2. The van der Waals surface area contributed by atoms with Gasteiger partial charge in [0, 0.05) is 68.6 Å². The van der Waals surface area contributed by atoms with E-state index in [-0.39, 0.29) is 30.8 Å². The second-order valence-corrected chi connectivity index (χ2v) is 13.2. The van der Waals surface area contributed by atoms with Gasteiger partial charge in [-0.3, -0.25) is 4.79 Å². The Labute approximate surface area is 320 Å². The molecule has 0 aromatic carbocycles. The lowest BCUT2D eigenvalue weighted by atomic mass is 10.0. The van der Waals surface area contributed by atoms with Crippen LogP contribution in [0.1, 0.15) is 53.8 Å². The van der Waals surface area contributed by atoms with Gasteiger partial charge in [0.25, 0.3) is 5.91 Å². The third-order valence-electron chi connectivity index (χ3n) is 8.84. The number of H-pyrrole nitrogens is 2. The molecule has 6 aromatic rings. The molecule has 0 spiro atoms. The minimum Gasteiger partial charge on any atom is -0.478 e. The molecule has 0 aliphatic carbocycles. The molecule has 0 radical (unpaired) electrons. The van der Waals surface area contributed by atoms with Crippen LogP contribution in [0.2, 0.25) is 10.0 Å². The number of carbonyl (C=O) groups excluding carboxylic acids is 1. The van der Waals surface area contributed by atoms with E-state index in [1.54, 1.807) is 30.9 Å². The Hall–Kier alpha value is -5.78. The summed E-state index contributed by atoms with van der Waals surface area (Å²) in [5, 5.41) is 14.5. The number of nitrogen functional groups attached to an aromatic ring is 2. The highest BCUT2D eigenvalue weighted by Gasteiger charge is 2.25. The van der Waals surface area contributed by atoms with Gasteiger partial charge in [0.2, 0.25) is 0 Å². The standard InChI is InChI=1S/C17H18ClN7O.C11H14ClN5.C6H6N2O2.CH4/c18-12-8-21-15-14(12)16(23-9-22-15)25-5-2-11(3-6-25)24-17(26)10-1-4-20-13(19)7-10;12-8-5-14-10-9(8)11(16-6-15-10)17-3-1-7(13)2-4-17;7-5-3-4(6(9)10)1-2-8-5;/h1,4,7-9,11H,2-3,5-6H2,(H2,19,20)(H,24,26)(H,21,22,23);5-7H,1-4,13H2,(H,14,15,16);1-3H,(H2,7,8)(H,9,10);1H4. The molecule has 2 aliphatic heterocycles. The van der Waals surface area contributed by atoms with E-state index in [0.29, 0.717) is 27.5 Å². The van der Waals surface area contributed by atoms with E-state index in [1.165, 1.54) is 30.9 Å². The smallest absolute Gasteiger partial charge is 0.335 e. The molecule has 0 saturated carbocycles. The number of carboxylic acids is 1. The fourth-order valence-electron chi connectivity index (χ4n) is 6.09. The molecule has 0 bridgehead atoms. The van der Waals surface area contributed by atoms with Crippen molar-refractivity contribution in [3.05, 3.63) is 82.9 Å². The zero-order valence-electron chi connectivity index (χ0n) is 28.4. The molecule has 19 heteroatoms. The molecule has 2 saturated heterocycles. The Morgan fingerprint density at radius 1 is 0.741 bits per heavy atom. The number of halogens is 2. The molecule has 8 rings (SSSR count). The summed E-state index contributed by atoms with van der Waals surface area (Å²) in [6.45, 7) is 3.40. The molecule has 54 heavy (non-hydrogen) atoms. The van der Waals surface area contributed by atoms with Crippen LogP contribution >= 0.6 is 23.2 Å². The summed E-state index contributed by atoms with van der Waals surface area (Å²) < 4.78 is 0. The lowest BCUT2D eigenvalue weighted by molar-refractivity contribution is 0.0696. The number of nitrogens with two attached hydrogens (primary N) is 3. The van der Waals surface area contributed by atoms with E-state index in [1.807, 2.05) is 0 Å². The normalized spacial score (nSPS) is 14.7. The molecule has 0 unspecified atom stereocenters. The number of pyridine rings is 2. The van der Waals surface area contributed by atoms with Gasteiger partial charge in [0.15, 0.2) is 0 Å². The topological polar surface area (TPSA) is 260 Å². The first-order chi connectivity index (χ1) is 25.6. The zero-order valence-corrected chi connectivity index (χ0v) is 29.9. The number of aromatic carboxylic acids is 1. The maximum atomic E-state index is 12.4. The summed E-state index contributed by atoms with van der Waals surface area (Å²) in [4.78, 5) is 57.8. The summed E-state index contributed by atoms with van der Waals surface area (Å²) in [7, 11) is 0. The monoisotopic (exact) mass is 776 g/mol. The van der Waals surface area contributed by atoms with Gasteiger partial charge in [-0.2, -0.15) is 0 Å². The molecule has 2 fully saturated rings. The average Bonchev–Trinajstić information content (AvgIpc) is 3.74. The van der Waals surface area contributed by atoms with E-state index >= 15 is 0 Å². The van der Waals surface area contributed by atoms with Gasteiger partial charge in [-0.25, -0.2) is 34.7 Å². The number of hydrogen-bond acceptors (Lipinski definition) is 13. The maximum absolute atomic E-state index is 12.4. The van der Waals surface area contributed by atoms with E-state index < -0.39 is 5.97 Å². The van der Waals surface area contributed by atoms with E-state index in [4.69, 9.17) is 45.5 Å². The van der Waals surface area contributed by atoms with Gasteiger partial charge in [-0.05, 0) is 49.9 Å². The van der Waals surface area contributed by atoms with Crippen LogP contribution in [0.5, 0.6) is 0 Å². The predicted molar refractivity (Wildman–Crippen MR) is 211 cm³/mol. The van der Waals surface area contributed by atoms with Crippen LogP contribution < -0.4 is 32.3 Å². The number of nitrogens with zero attached hydrogens (tertiary/aromatic N) is 8. The molecule has 6 aromatic heterocycles. The quantitative estimate of drug-likeness (QED) is 0.127. The third-order valence-corrected chi connectivity index (χ3v) is 9.44. The first-order valence-corrected chi connectivity index (χ1v) is 17.5. The molecule has 17 nitrogen and oxygen atoms in total. The van der Waals surface area contributed by atoms with E-state index in [0.717, 1.165) is 85.6 Å². The second kappa shape index (κ2) is 17.8. The SMILES string of the molecule is C.NC1CCN(c2ncnc3[nH]cc(Cl)c23)CC1.Nc1cc(C(=O)NC2CCN(c3ncnc4[nH]cc(Cl)c34)CC2)ccn1.Nc1cc(C(=O)O)ccn1. The Morgan fingerprint density at radius 2 is 1.20 bits per heavy atom. The van der Waals surface area contributed by atoms with Gasteiger partial charge in [0.05, 0.1) is 26.4 Å². The van der Waals surface area contributed by atoms with E-state index in [9.17, 15) is 9.59 Å². The molecule has 284 valence electrons. The predicted octanol–water partition coefficient (Wildman–Crippen LogP) is 4.52. The number of rotatable bonds is 5. The minimum atomic E-state index is -0.992. The zero-order chi connectivity index (χ0) is 37.5. The Balaban J connectivity index is 0.000000172. The van der Waals surface area contributed by atoms with Gasteiger partial charge < -0.3 is 47.4 Å². The molecule has 2 aliphatic rings. The van der Waals surface area contributed by atoms with Crippen molar-refractivity contribution in [2.45, 2.75) is 45.2 Å². The molecule has 8 heterocycles. The van der Waals surface area contributed by atoms with Gasteiger partial charge in [-0.1, -0.05) is 30.6 Å². The lowest BCUT2D eigenvalue weighted by Crippen LogP contribution is -2.45. The third kappa shape index (κ3) is 9.41. The lowest BCUT2D eigenvalue weighted by Gasteiger charge is -2.33. The molecular formula is C35H42Cl2N14O3. The molecule has 1 amide bonds. The maximum Gasteiger partial charge on any atom is 0.335 e. The molecule has 10 N–H and O–H groups in total. The summed E-state index contributed by atoms with van der Waals surface area (Å²) >= 11 is 12.4. The Morgan fingerprint density at radius 3 is 1.67 bits per heavy atom. The number of anilines is 4. The van der Waals surface area contributed by atoms with E-state index in [2.05, 4.69) is 55.0 Å². The number of nitrogens with one attached hydrogen (secondary N) is 3. The number of hydrogen-bond donors (Lipinski definition) is 7. The number of carboxylic acid groups (broad SMARTS) is 1.